The Morgan fingerprint density at radius 3 is 1.58 bits per heavy atom. The second-order valence-corrected chi connectivity index (χ2v) is 10.7. The highest BCUT2D eigenvalue weighted by atomic mass is 14.1. The average Bonchev–Trinajstić information content (AvgIpc) is 3.60. The zero-order valence-electron chi connectivity index (χ0n) is 21.6. The molecule has 3 aromatic carbocycles. The first kappa shape index (κ1) is 24.3. The molecule has 0 heterocycles. The molecule has 5 rings (SSSR count). The molecular formula is C36H38. The normalized spacial score (nSPS) is 15.0. The largest absolute Gasteiger partial charge is 0.0992 e. The quantitative estimate of drug-likeness (QED) is 0.259. The minimum atomic E-state index is 0.921. The van der Waals surface area contributed by atoms with Gasteiger partial charge in [-0.15, -0.1) is 0 Å². The summed E-state index contributed by atoms with van der Waals surface area (Å²) in [5, 5.41) is 0. The molecule has 36 heavy (non-hydrogen) atoms. The summed E-state index contributed by atoms with van der Waals surface area (Å²) in [6.07, 6.45) is 16.0. The Hall–Kier alpha value is -3.38. The van der Waals surface area contributed by atoms with Gasteiger partial charge in [0.2, 0.25) is 0 Å². The topological polar surface area (TPSA) is 0 Å². The maximum atomic E-state index is 4.42. The summed E-state index contributed by atoms with van der Waals surface area (Å²) in [5.74, 6) is 0. The summed E-state index contributed by atoms with van der Waals surface area (Å²) in [6.45, 7) is 8.82. The highest BCUT2D eigenvalue weighted by Crippen LogP contribution is 2.29. The lowest BCUT2D eigenvalue weighted by atomic mass is 9.94. The van der Waals surface area contributed by atoms with Crippen molar-refractivity contribution in [2.24, 2.45) is 0 Å². The van der Waals surface area contributed by atoms with Gasteiger partial charge in [-0.1, -0.05) is 109 Å². The molecule has 0 nitrogen and oxygen atoms in total. The van der Waals surface area contributed by atoms with Gasteiger partial charge in [-0.05, 0) is 109 Å². The molecule has 0 heteroatoms. The van der Waals surface area contributed by atoms with E-state index < -0.39 is 0 Å². The molecule has 3 aromatic rings. The maximum absolute atomic E-state index is 4.42. The highest BCUT2D eigenvalue weighted by molar-refractivity contribution is 5.68. The van der Waals surface area contributed by atoms with Crippen LogP contribution in [0.4, 0.5) is 0 Å². The maximum Gasteiger partial charge on any atom is -0.00663 e. The van der Waals surface area contributed by atoms with Crippen molar-refractivity contribution < 1.29 is 0 Å². The third-order valence-corrected chi connectivity index (χ3v) is 7.51. The predicted molar refractivity (Wildman–Crippen MR) is 156 cm³/mol. The fraction of sp³-hybridized carbons (Fsp3) is 0.278. The number of hydrogen-bond donors (Lipinski definition) is 0. The van der Waals surface area contributed by atoms with Crippen LogP contribution in [0.2, 0.25) is 0 Å². The second-order valence-electron chi connectivity index (χ2n) is 10.7. The van der Waals surface area contributed by atoms with Gasteiger partial charge >= 0.3 is 0 Å². The molecule has 0 spiro atoms. The summed E-state index contributed by atoms with van der Waals surface area (Å²) >= 11 is 0. The predicted octanol–water partition coefficient (Wildman–Crippen LogP) is 9.50. The van der Waals surface area contributed by atoms with Crippen molar-refractivity contribution in [3.63, 3.8) is 0 Å². The van der Waals surface area contributed by atoms with Gasteiger partial charge in [-0.25, -0.2) is 0 Å². The molecule has 2 aliphatic rings. The SMILES string of the molecule is C=C(Cc1ccc(C2=CCCC2)cc1)Cc1cccc(CC(=C)Cc2cccc(C3=CCCC3)c2)c1. The van der Waals surface area contributed by atoms with E-state index in [-0.39, 0.29) is 0 Å². The van der Waals surface area contributed by atoms with Crippen LogP contribution in [0, 0.1) is 0 Å². The molecule has 0 radical (unpaired) electrons. The third-order valence-electron chi connectivity index (χ3n) is 7.51. The third kappa shape index (κ3) is 6.43. The van der Waals surface area contributed by atoms with E-state index >= 15 is 0 Å². The lowest BCUT2D eigenvalue weighted by Gasteiger charge is -2.11. The Labute approximate surface area is 217 Å². The zero-order chi connectivity index (χ0) is 24.7. The van der Waals surface area contributed by atoms with Gasteiger partial charge in [0.25, 0.3) is 0 Å². The lowest BCUT2D eigenvalue weighted by molar-refractivity contribution is 0.935. The smallest absolute Gasteiger partial charge is 0.00663 e. The molecule has 0 saturated heterocycles. The average molecular weight is 471 g/mol. The van der Waals surface area contributed by atoms with Crippen molar-refractivity contribution >= 4 is 11.1 Å². The molecule has 0 amide bonds. The highest BCUT2D eigenvalue weighted by Gasteiger charge is 2.10. The van der Waals surface area contributed by atoms with Crippen molar-refractivity contribution in [1.82, 2.24) is 0 Å². The zero-order valence-corrected chi connectivity index (χ0v) is 21.6. The van der Waals surface area contributed by atoms with E-state index in [1.807, 2.05) is 0 Å². The number of rotatable bonds is 10. The van der Waals surface area contributed by atoms with Gasteiger partial charge in [-0.2, -0.15) is 0 Å². The van der Waals surface area contributed by atoms with E-state index in [0.717, 1.165) is 25.7 Å². The molecule has 0 aliphatic heterocycles. The first-order chi connectivity index (χ1) is 17.6. The molecule has 0 bridgehead atoms. The molecule has 182 valence electrons. The fourth-order valence-corrected chi connectivity index (χ4v) is 5.71. The summed E-state index contributed by atoms with van der Waals surface area (Å²) in [4.78, 5) is 0. The lowest BCUT2D eigenvalue weighted by Crippen LogP contribution is -1.98. The molecule has 2 aliphatic carbocycles. The molecule has 0 N–H and O–H groups in total. The van der Waals surface area contributed by atoms with Crippen LogP contribution in [0.25, 0.3) is 11.1 Å². The summed E-state index contributed by atoms with van der Waals surface area (Å²) in [5.41, 5.74) is 13.7. The summed E-state index contributed by atoms with van der Waals surface area (Å²) in [6, 6.07) is 27.1. The van der Waals surface area contributed by atoms with Crippen LogP contribution >= 0.6 is 0 Å². The van der Waals surface area contributed by atoms with E-state index in [1.165, 1.54) is 94.2 Å². The van der Waals surface area contributed by atoms with Crippen LogP contribution < -0.4 is 0 Å². The standard InChI is InChI=1S/C36H38/c1-27(21-29-17-19-35(20-18-29)33-12-3-4-13-33)22-30-9-7-10-31(25-30)23-28(2)24-32-11-8-16-36(26-32)34-14-5-6-15-34/h7-12,14,16-20,25-26H,1-6,13,15,21-24H2. The van der Waals surface area contributed by atoms with Crippen molar-refractivity contribution in [3.8, 4) is 0 Å². The van der Waals surface area contributed by atoms with Gasteiger partial charge in [0.1, 0.15) is 0 Å². The van der Waals surface area contributed by atoms with Crippen LogP contribution in [0.5, 0.6) is 0 Å². The Balaban J connectivity index is 1.15. The van der Waals surface area contributed by atoms with Crippen molar-refractivity contribution in [3.05, 3.63) is 143 Å². The molecule has 0 saturated carbocycles. The van der Waals surface area contributed by atoms with E-state index in [2.05, 4.69) is 98.1 Å². The minimum Gasteiger partial charge on any atom is -0.0992 e. The van der Waals surface area contributed by atoms with E-state index in [9.17, 15) is 0 Å². The van der Waals surface area contributed by atoms with Gasteiger partial charge in [0, 0.05) is 0 Å². The van der Waals surface area contributed by atoms with Crippen LogP contribution in [-0.4, -0.2) is 0 Å². The summed E-state index contributed by atoms with van der Waals surface area (Å²) < 4.78 is 0. The first-order valence-electron chi connectivity index (χ1n) is 13.6. The van der Waals surface area contributed by atoms with Gasteiger partial charge in [0.05, 0.1) is 0 Å². The summed E-state index contributed by atoms with van der Waals surface area (Å²) in [7, 11) is 0. The fourth-order valence-electron chi connectivity index (χ4n) is 5.71. The molecular weight excluding hydrogens is 432 g/mol. The van der Waals surface area contributed by atoms with Crippen LogP contribution in [0.1, 0.15) is 71.9 Å². The van der Waals surface area contributed by atoms with Gasteiger partial charge < -0.3 is 0 Å². The van der Waals surface area contributed by atoms with Crippen molar-refractivity contribution in [2.75, 3.05) is 0 Å². The Bertz CT molecular complexity index is 1300. The van der Waals surface area contributed by atoms with Crippen LogP contribution in [0.3, 0.4) is 0 Å². The minimum absolute atomic E-state index is 0.921. The van der Waals surface area contributed by atoms with Crippen molar-refractivity contribution in [2.45, 2.75) is 64.2 Å². The Morgan fingerprint density at radius 2 is 1.03 bits per heavy atom. The molecule has 0 atom stereocenters. The van der Waals surface area contributed by atoms with Gasteiger partial charge in [0.15, 0.2) is 0 Å². The van der Waals surface area contributed by atoms with Crippen molar-refractivity contribution in [1.29, 1.82) is 0 Å². The Kier molecular flexibility index (Phi) is 7.82. The Morgan fingerprint density at radius 1 is 0.528 bits per heavy atom. The molecule has 0 aromatic heterocycles. The van der Waals surface area contributed by atoms with Crippen LogP contribution in [0.15, 0.2) is 109 Å². The van der Waals surface area contributed by atoms with Gasteiger partial charge in [-0.3, -0.25) is 0 Å². The van der Waals surface area contributed by atoms with E-state index in [4.69, 9.17) is 0 Å². The first-order valence-corrected chi connectivity index (χ1v) is 13.6. The monoisotopic (exact) mass is 470 g/mol. The number of allylic oxidation sites excluding steroid dienone is 6. The number of benzene rings is 3. The second kappa shape index (κ2) is 11.6. The molecule has 0 unspecified atom stereocenters. The van der Waals surface area contributed by atoms with E-state index in [0.29, 0.717) is 0 Å². The van der Waals surface area contributed by atoms with E-state index in [1.54, 1.807) is 0 Å². The van der Waals surface area contributed by atoms with Crippen LogP contribution in [-0.2, 0) is 25.7 Å². The number of hydrogen-bond acceptors (Lipinski definition) is 0. The molecule has 0 fully saturated rings.